The Morgan fingerprint density at radius 2 is 1.62 bits per heavy atom. The number of fused-ring (bicyclic) bond motifs is 7. The molecule has 14 atom stereocenters. The first kappa shape index (κ1) is 36.2. The molecule has 48 heavy (non-hydrogen) atoms. The summed E-state index contributed by atoms with van der Waals surface area (Å²) in [6, 6.07) is -0.985. The Labute approximate surface area is 286 Å². The van der Waals surface area contributed by atoms with Gasteiger partial charge >= 0.3 is 5.97 Å². The number of amides is 1. The van der Waals surface area contributed by atoms with E-state index in [2.05, 4.69) is 59.9 Å². The van der Waals surface area contributed by atoms with Crippen LogP contribution in [0.1, 0.15) is 113 Å². The fraction of sp³-hybridized carbons (Fsp3) is 0.895. The van der Waals surface area contributed by atoms with E-state index in [1.807, 2.05) is 0 Å². The Hall–Kier alpha value is -1.56. The SMILES string of the molecule is CC(=O)N[C@H]1[C@@H](O[C@@H]2CC[C@]3(C)[C@H](CC[C@]4(C)[C@@H]3CC=C3[C@H]5CC(C)(C)CC[C@]5(C(=O)O)[C@@H](O)C[C@@]34C)C2(C)C)O[C@@H](CO)[C@@H](O)[C@@H]1O. The van der Waals surface area contributed by atoms with Crippen molar-refractivity contribution in [1.82, 2.24) is 5.32 Å². The summed E-state index contributed by atoms with van der Waals surface area (Å²) in [5, 5.41) is 56.6. The second kappa shape index (κ2) is 11.7. The number of hydrogen-bond donors (Lipinski definition) is 6. The number of ether oxygens (including phenoxy) is 2. The van der Waals surface area contributed by atoms with Crippen molar-refractivity contribution in [1.29, 1.82) is 0 Å². The van der Waals surface area contributed by atoms with E-state index < -0.39 is 54.7 Å². The summed E-state index contributed by atoms with van der Waals surface area (Å²) < 4.78 is 12.7. The van der Waals surface area contributed by atoms with Crippen molar-refractivity contribution in [2.24, 2.45) is 50.2 Å². The largest absolute Gasteiger partial charge is 0.481 e. The van der Waals surface area contributed by atoms with Gasteiger partial charge in [0.1, 0.15) is 29.8 Å². The minimum Gasteiger partial charge on any atom is -0.481 e. The third-order valence-corrected chi connectivity index (χ3v) is 15.6. The number of hydrogen-bond acceptors (Lipinski definition) is 8. The van der Waals surface area contributed by atoms with E-state index in [1.54, 1.807) is 0 Å². The molecule has 6 rings (SSSR count). The van der Waals surface area contributed by atoms with Crippen LogP contribution in [0.2, 0.25) is 0 Å². The number of allylic oxidation sites excluding steroid dienone is 2. The van der Waals surface area contributed by atoms with Crippen LogP contribution < -0.4 is 5.32 Å². The summed E-state index contributed by atoms with van der Waals surface area (Å²) in [6.07, 6.45) is 3.42. The van der Waals surface area contributed by atoms with E-state index >= 15 is 0 Å². The second-order valence-corrected chi connectivity index (χ2v) is 18.7. The fourth-order valence-corrected chi connectivity index (χ4v) is 12.7. The summed E-state index contributed by atoms with van der Waals surface area (Å²) in [5.74, 6) is -0.798. The molecule has 1 heterocycles. The number of carboxylic acid groups (broad SMARTS) is 1. The Morgan fingerprint density at radius 1 is 0.938 bits per heavy atom. The van der Waals surface area contributed by atoms with Gasteiger partial charge in [-0.1, -0.05) is 60.1 Å². The summed E-state index contributed by atoms with van der Waals surface area (Å²) in [4.78, 5) is 25.1. The van der Waals surface area contributed by atoms with Crippen molar-refractivity contribution < 1.29 is 44.6 Å². The highest BCUT2D eigenvalue weighted by Crippen LogP contribution is 2.76. The average molecular weight is 676 g/mol. The molecule has 5 aliphatic carbocycles. The highest BCUT2D eigenvalue weighted by molar-refractivity contribution is 5.77. The molecular formula is C38H61NO9. The van der Waals surface area contributed by atoms with E-state index in [-0.39, 0.29) is 50.9 Å². The van der Waals surface area contributed by atoms with Gasteiger partial charge in [0.05, 0.1) is 18.8 Å². The third-order valence-electron chi connectivity index (χ3n) is 15.6. The van der Waals surface area contributed by atoms with E-state index in [4.69, 9.17) is 9.47 Å². The third kappa shape index (κ3) is 5.01. The lowest BCUT2D eigenvalue weighted by Crippen LogP contribution is -2.68. The predicted molar refractivity (Wildman–Crippen MR) is 178 cm³/mol. The second-order valence-electron chi connectivity index (χ2n) is 18.7. The van der Waals surface area contributed by atoms with Gasteiger partial charge in [-0.2, -0.15) is 0 Å². The zero-order chi connectivity index (χ0) is 35.4. The van der Waals surface area contributed by atoms with Gasteiger partial charge < -0.3 is 40.3 Å². The molecule has 10 nitrogen and oxygen atoms in total. The number of nitrogens with one attached hydrogen (secondary N) is 1. The van der Waals surface area contributed by atoms with Gasteiger partial charge in [0.25, 0.3) is 0 Å². The molecule has 0 unspecified atom stereocenters. The van der Waals surface area contributed by atoms with Crippen molar-refractivity contribution >= 4 is 11.9 Å². The number of aliphatic hydroxyl groups is 4. The van der Waals surface area contributed by atoms with E-state index in [9.17, 15) is 35.1 Å². The van der Waals surface area contributed by atoms with E-state index in [1.165, 1.54) is 12.5 Å². The molecule has 272 valence electrons. The molecule has 1 aliphatic heterocycles. The molecule has 1 amide bonds. The normalized spacial score (nSPS) is 50.9. The van der Waals surface area contributed by atoms with Gasteiger partial charge in [-0.15, -0.1) is 0 Å². The quantitative estimate of drug-likeness (QED) is 0.185. The number of rotatable bonds is 5. The monoisotopic (exact) mass is 675 g/mol. The van der Waals surface area contributed by atoms with Crippen LogP contribution in [-0.4, -0.2) is 86.9 Å². The number of carbonyl (C=O) groups excluding carboxylic acids is 1. The van der Waals surface area contributed by atoms with Crippen molar-refractivity contribution in [3.05, 3.63) is 11.6 Å². The molecule has 0 aromatic carbocycles. The molecule has 5 fully saturated rings. The molecule has 6 aliphatic rings. The number of carbonyl (C=O) groups is 2. The maximum Gasteiger partial charge on any atom is 0.312 e. The maximum absolute atomic E-state index is 13.0. The Kier molecular flexibility index (Phi) is 8.86. The van der Waals surface area contributed by atoms with Gasteiger partial charge in [0.2, 0.25) is 5.91 Å². The zero-order valence-corrected chi connectivity index (χ0v) is 30.3. The summed E-state index contributed by atoms with van der Waals surface area (Å²) in [6.45, 7) is 17.0. The average Bonchev–Trinajstić information content (AvgIpc) is 2.97. The van der Waals surface area contributed by atoms with Crippen molar-refractivity contribution in [3.63, 3.8) is 0 Å². The first-order chi connectivity index (χ1) is 22.2. The predicted octanol–water partition coefficient (Wildman–Crippen LogP) is 4.17. The molecule has 0 spiro atoms. The lowest BCUT2D eigenvalue weighted by molar-refractivity contribution is -0.307. The minimum atomic E-state index is -1.37. The van der Waals surface area contributed by atoms with Gasteiger partial charge in [-0.25, -0.2) is 0 Å². The Balaban J connectivity index is 1.31. The van der Waals surface area contributed by atoms with Crippen LogP contribution in [0.15, 0.2) is 11.6 Å². The van der Waals surface area contributed by atoms with Crippen LogP contribution >= 0.6 is 0 Å². The zero-order valence-electron chi connectivity index (χ0n) is 30.3. The Bertz CT molecular complexity index is 1330. The smallest absolute Gasteiger partial charge is 0.312 e. The fourth-order valence-electron chi connectivity index (χ4n) is 12.7. The van der Waals surface area contributed by atoms with Gasteiger partial charge in [0, 0.05) is 6.92 Å². The van der Waals surface area contributed by atoms with Crippen molar-refractivity contribution in [2.75, 3.05) is 6.61 Å². The molecule has 4 saturated carbocycles. The highest BCUT2D eigenvalue weighted by Gasteiger charge is 2.71. The molecule has 0 bridgehead atoms. The van der Waals surface area contributed by atoms with Crippen molar-refractivity contribution in [2.45, 2.75) is 156 Å². The topological polar surface area (TPSA) is 166 Å². The molecule has 1 saturated heterocycles. The molecule has 6 N–H and O–H groups in total. The first-order valence-corrected chi connectivity index (χ1v) is 18.4. The molecular weight excluding hydrogens is 614 g/mol. The van der Waals surface area contributed by atoms with Crippen LogP contribution in [0.3, 0.4) is 0 Å². The lowest BCUT2D eigenvalue weighted by atomic mass is 9.33. The van der Waals surface area contributed by atoms with E-state index in [0.717, 1.165) is 44.9 Å². The van der Waals surface area contributed by atoms with Gasteiger partial charge in [-0.05, 0) is 103 Å². The summed E-state index contributed by atoms with van der Waals surface area (Å²) in [5.41, 5.74) is -0.648. The number of aliphatic carboxylic acids is 1. The Morgan fingerprint density at radius 3 is 2.25 bits per heavy atom. The highest BCUT2D eigenvalue weighted by atomic mass is 16.7. The molecule has 0 radical (unpaired) electrons. The molecule has 10 heteroatoms. The summed E-state index contributed by atoms with van der Waals surface area (Å²) >= 11 is 0. The maximum atomic E-state index is 13.0. The minimum absolute atomic E-state index is 0.0124. The first-order valence-electron chi connectivity index (χ1n) is 18.4. The van der Waals surface area contributed by atoms with Gasteiger partial charge in [0.15, 0.2) is 6.29 Å². The van der Waals surface area contributed by atoms with Crippen LogP contribution in [0.25, 0.3) is 0 Å². The molecule has 0 aromatic heterocycles. The van der Waals surface area contributed by atoms with Crippen LogP contribution in [0.4, 0.5) is 0 Å². The number of carboxylic acids is 1. The van der Waals surface area contributed by atoms with Crippen LogP contribution in [0, 0.1) is 50.2 Å². The van der Waals surface area contributed by atoms with Crippen LogP contribution in [0.5, 0.6) is 0 Å². The lowest BCUT2D eigenvalue weighted by Gasteiger charge is -2.71. The van der Waals surface area contributed by atoms with Crippen LogP contribution in [-0.2, 0) is 19.1 Å². The standard InChI is InChI=1S/C38H61NO9/c1-20(41)39-28-30(44)29(43)23(19-40)47-31(28)48-27-12-13-35(6)24(34(27,4)5)11-14-36(7)25(35)10-9-21-22-17-33(2,3)15-16-38(22,32(45)46)26(42)18-37(21,36)8/h9,22-31,40,42-44H,10-19H2,1-8H3,(H,39,41)(H,45,46)/t22-,23+,24-,25-,26+,27-,28-,29-,30-,31-,35-,36-,37+,38-/m1/s1. The van der Waals surface area contributed by atoms with Gasteiger partial charge in [-0.3, -0.25) is 9.59 Å². The summed E-state index contributed by atoms with van der Waals surface area (Å²) in [7, 11) is 0. The van der Waals surface area contributed by atoms with E-state index in [0.29, 0.717) is 18.8 Å². The number of aliphatic hydroxyl groups excluding tert-OH is 4. The molecule has 0 aromatic rings. The van der Waals surface area contributed by atoms with Crippen molar-refractivity contribution in [3.8, 4) is 0 Å².